The SMILES string of the molecule is c1ccc(-c2c3ccccc3c(-c3ccc(Nc4ccccc4-c4cccc5c6ccccc6n(-c6ccccc6)c45)c4ccccc34)c3ccccc23)cc1. The first-order chi connectivity index (χ1) is 27.8. The van der Waals surface area contributed by atoms with E-state index >= 15 is 0 Å². The Balaban J connectivity index is 1.10. The van der Waals surface area contributed by atoms with Gasteiger partial charge in [0.05, 0.1) is 11.0 Å². The van der Waals surface area contributed by atoms with E-state index in [1.807, 2.05) is 0 Å². The second-order valence-corrected chi connectivity index (χ2v) is 14.5. The van der Waals surface area contributed by atoms with Gasteiger partial charge in [0.2, 0.25) is 0 Å². The minimum atomic E-state index is 1.06. The molecule has 262 valence electrons. The quantitative estimate of drug-likeness (QED) is 0.170. The Morgan fingerprint density at radius 2 is 0.804 bits per heavy atom. The third kappa shape index (κ3) is 5.04. The number of nitrogens with one attached hydrogen (secondary N) is 1. The molecule has 1 heterocycles. The van der Waals surface area contributed by atoms with Gasteiger partial charge in [-0.1, -0.05) is 182 Å². The van der Waals surface area contributed by atoms with Crippen molar-refractivity contribution in [3.05, 3.63) is 212 Å². The lowest BCUT2D eigenvalue weighted by Crippen LogP contribution is -1.98. The zero-order valence-corrected chi connectivity index (χ0v) is 30.7. The van der Waals surface area contributed by atoms with Crippen LogP contribution in [0.25, 0.3) is 93.2 Å². The molecule has 11 aromatic rings. The van der Waals surface area contributed by atoms with Gasteiger partial charge in [0.25, 0.3) is 0 Å². The summed E-state index contributed by atoms with van der Waals surface area (Å²) < 4.78 is 2.42. The number of anilines is 2. The van der Waals surface area contributed by atoms with Crippen molar-refractivity contribution in [3.8, 4) is 39.1 Å². The van der Waals surface area contributed by atoms with Gasteiger partial charge in [-0.2, -0.15) is 0 Å². The van der Waals surface area contributed by atoms with E-state index in [2.05, 4.69) is 222 Å². The Bertz CT molecular complexity index is 3210. The molecule has 0 aliphatic heterocycles. The van der Waals surface area contributed by atoms with Crippen molar-refractivity contribution >= 4 is 65.5 Å². The molecule has 0 aliphatic rings. The molecule has 1 N–H and O–H groups in total. The number of benzene rings is 10. The zero-order chi connectivity index (χ0) is 37.0. The van der Waals surface area contributed by atoms with E-state index in [0.717, 1.165) is 22.6 Å². The zero-order valence-electron chi connectivity index (χ0n) is 30.7. The molecule has 2 heteroatoms. The van der Waals surface area contributed by atoms with Gasteiger partial charge in [0, 0.05) is 44.3 Å². The molecular formula is C54H36N2. The first-order valence-electron chi connectivity index (χ1n) is 19.3. The molecule has 0 spiro atoms. The summed E-state index contributed by atoms with van der Waals surface area (Å²) in [6.07, 6.45) is 0. The molecule has 0 amide bonds. The summed E-state index contributed by atoms with van der Waals surface area (Å²) in [6.45, 7) is 0. The fourth-order valence-corrected chi connectivity index (χ4v) is 9.01. The summed E-state index contributed by atoms with van der Waals surface area (Å²) in [5.41, 5.74) is 13.0. The van der Waals surface area contributed by atoms with Crippen molar-refractivity contribution < 1.29 is 0 Å². The molecule has 11 rings (SSSR count). The van der Waals surface area contributed by atoms with Crippen LogP contribution >= 0.6 is 0 Å². The lowest BCUT2D eigenvalue weighted by molar-refractivity contribution is 1.18. The number of nitrogens with zero attached hydrogens (tertiary/aromatic N) is 1. The Morgan fingerprint density at radius 1 is 0.286 bits per heavy atom. The van der Waals surface area contributed by atoms with Crippen molar-refractivity contribution in [2.24, 2.45) is 0 Å². The van der Waals surface area contributed by atoms with Gasteiger partial charge in [0.15, 0.2) is 0 Å². The van der Waals surface area contributed by atoms with E-state index in [0.29, 0.717) is 0 Å². The summed E-state index contributed by atoms with van der Waals surface area (Å²) in [5, 5.41) is 13.8. The van der Waals surface area contributed by atoms with E-state index in [4.69, 9.17) is 0 Å². The number of rotatable bonds is 6. The Kier molecular flexibility index (Phi) is 7.53. The first kappa shape index (κ1) is 32.0. The monoisotopic (exact) mass is 712 g/mol. The smallest absolute Gasteiger partial charge is 0.0620 e. The van der Waals surface area contributed by atoms with E-state index < -0.39 is 0 Å². The Morgan fingerprint density at radius 3 is 1.52 bits per heavy atom. The van der Waals surface area contributed by atoms with Crippen LogP contribution in [0.15, 0.2) is 212 Å². The third-order valence-corrected chi connectivity index (χ3v) is 11.4. The molecule has 56 heavy (non-hydrogen) atoms. The second-order valence-electron chi connectivity index (χ2n) is 14.5. The van der Waals surface area contributed by atoms with Gasteiger partial charge in [0.1, 0.15) is 0 Å². The predicted octanol–water partition coefficient (Wildman–Crippen LogP) is 15.0. The van der Waals surface area contributed by atoms with Crippen LogP contribution in [0.2, 0.25) is 0 Å². The summed E-state index contributed by atoms with van der Waals surface area (Å²) >= 11 is 0. The number of para-hydroxylation sites is 4. The molecule has 0 aliphatic carbocycles. The maximum atomic E-state index is 3.95. The second kappa shape index (κ2) is 13.2. The van der Waals surface area contributed by atoms with Crippen molar-refractivity contribution in [2.45, 2.75) is 0 Å². The largest absolute Gasteiger partial charge is 0.355 e. The highest BCUT2D eigenvalue weighted by Gasteiger charge is 2.20. The van der Waals surface area contributed by atoms with Crippen LogP contribution in [0.3, 0.4) is 0 Å². The lowest BCUT2D eigenvalue weighted by atomic mass is 9.84. The van der Waals surface area contributed by atoms with Gasteiger partial charge in [-0.05, 0) is 79.5 Å². The highest BCUT2D eigenvalue weighted by atomic mass is 15.0. The third-order valence-electron chi connectivity index (χ3n) is 11.4. The van der Waals surface area contributed by atoms with Crippen LogP contribution < -0.4 is 5.32 Å². The minimum absolute atomic E-state index is 1.06. The van der Waals surface area contributed by atoms with E-state index in [9.17, 15) is 0 Å². The molecule has 2 nitrogen and oxygen atoms in total. The highest BCUT2D eigenvalue weighted by molar-refractivity contribution is 6.24. The fraction of sp³-hybridized carbons (Fsp3) is 0. The molecule has 1 aromatic heterocycles. The van der Waals surface area contributed by atoms with Gasteiger partial charge in [-0.3, -0.25) is 0 Å². The van der Waals surface area contributed by atoms with Gasteiger partial charge in [-0.15, -0.1) is 0 Å². The van der Waals surface area contributed by atoms with Gasteiger partial charge in [-0.25, -0.2) is 0 Å². The average Bonchev–Trinajstić information content (AvgIpc) is 3.61. The van der Waals surface area contributed by atoms with Gasteiger partial charge >= 0.3 is 0 Å². The van der Waals surface area contributed by atoms with E-state index in [1.54, 1.807) is 0 Å². The molecule has 0 saturated heterocycles. The van der Waals surface area contributed by atoms with Crippen LogP contribution in [0.5, 0.6) is 0 Å². The molecular weight excluding hydrogens is 677 g/mol. The molecule has 0 unspecified atom stereocenters. The minimum Gasteiger partial charge on any atom is -0.355 e. The number of aromatic nitrogens is 1. The normalized spacial score (nSPS) is 11.6. The highest BCUT2D eigenvalue weighted by Crippen LogP contribution is 2.47. The van der Waals surface area contributed by atoms with Crippen LogP contribution in [0.4, 0.5) is 11.4 Å². The molecule has 0 fully saturated rings. The summed E-state index contributed by atoms with van der Waals surface area (Å²) in [5.74, 6) is 0. The fourth-order valence-electron chi connectivity index (χ4n) is 9.01. The Hall–Kier alpha value is -7.42. The summed E-state index contributed by atoms with van der Waals surface area (Å²) in [7, 11) is 0. The molecule has 0 bridgehead atoms. The summed E-state index contributed by atoms with van der Waals surface area (Å²) in [4.78, 5) is 0. The van der Waals surface area contributed by atoms with Crippen molar-refractivity contribution in [1.82, 2.24) is 4.57 Å². The van der Waals surface area contributed by atoms with Crippen molar-refractivity contribution in [1.29, 1.82) is 0 Å². The van der Waals surface area contributed by atoms with Crippen LogP contribution in [0, 0.1) is 0 Å². The van der Waals surface area contributed by atoms with E-state index in [-0.39, 0.29) is 0 Å². The summed E-state index contributed by atoms with van der Waals surface area (Å²) in [6, 6.07) is 76.9. The maximum absolute atomic E-state index is 3.95. The van der Waals surface area contributed by atoms with Crippen molar-refractivity contribution in [3.63, 3.8) is 0 Å². The first-order valence-corrected chi connectivity index (χ1v) is 19.3. The van der Waals surface area contributed by atoms with Crippen LogP contribution in [-0.2, 0) is 0 Å². The Labute approximate surface area is 325 Å². The average molecular weight is 713 g/mol. The standard InChI is InChI=1S/C54H36N2/c1-3-18-36(19-4-1)52-42-26-9-11-28-44(42)53(45-29-12-10-27-43(45)52)46-34-35-50(39-23-8-7-22-38(39)46)55-49-32-15-13-24-40(49)47-30-17-31-48-41-25-14-16-33-51(41)56(54(47)48)37-20-5-2-6-21-37/h1-35,55H. The molecule has 0 radical (unpaired) electrons. The van der Waals surface area contributed by atoms with E-state index in [1.165, 1.54) is 81.9 Å². The number of fused-ring (bicyclic) bond motifs is 6. The molecule has 0 atom stereocenters. The predicted molar refractivity (Wildman–Crippen MR) is 239 cm³/mol. The van der Waals surface area contributed by atoms with Gasteiger partial charge < -0.3 is 9.88 Å². The number of hydrogen-bond donors (Lipinski definition) is 1. The van der Waals surface area contributed by atoms with Crippen LogP contribution in [0.1, 0.15) is 0 Å². The van der Waals surface area contributed by atoms with Crippen molar-refractivity contribution in [2.75, 3.05) is 5.32 Å². The number of hydrogen-bond acceptors (Lipinski definition) is 1. The maximum Gasteiger partial charge on any atom is 0.0620 e. The molecule has 10 aromatic carbocycles. The van der Waals surface area contributed by atoms with Crippen LogP contribution in [-0.4, -0.2) is 4.57 Å². The topological polar surface area (TPSA) is 17.0 Å². The molecule has 0 saturated carbocycles. The lowest BCUT2D eigenvalue weighted by Gasteiger charge is -2.20.